The standard InChI is InChI=1S/C19H23N3O3/c1-24-11-12-25-18-8-10-22(19(23)16-7-9-20-21-14-16)17(18)13-15-5-3-2-4-6-15/h2-7,9,14,17-18H,8,10-13H2,1H3/t17-,18-/m0/s1. The van der Waals surface area contributed by atoms with Crippen LogP contribution in [0.1, 0.15) is 22.3 Å². The number of amides is 1. The summed E-state index contributed by atoms with van der Waals surface area (Å²) in [4.78, 5) is 14.8. The van der Waals surface area contributed by atoms with Crippen molar-refractivity contribution < 1.29 is 14.3 Å². The highest BCUT2D eigenvalue weighted by molar-refractivity contribution is 5.94. The van der Waals surface area contributed by atoms with E-state index in [2.05, 4.69) is 22.3 Å². The molecule has 2 heterocycles. The first kappa shape index (κ1) is 17.5. The van der Waals surface area contributed by atoms with Crippen LogP contribution >= 0.6 is 0 Å². The minimum Gasteiger partial charge on any atom is -0.382 e. The van der Waals surface area contributed by atoms with E-state index in [4.69, 9.17) is 9.47 Å². The summed E-state index contributed by atoms with van der Waals surface area (Å²) in [5.41, 5.74) is 1.76. The summed E-state index contributed by atoms with van der Waals surface area (Å²) in [5, 5.41) is 7.57. The van der Waals surface area contributed by atoms with Crippen molar-refractivity contribution >= 4 is 5.91 Å². The minimum atomic E-state index is -0.0197. The van der Waals surface area contributed by atoms with Crippen LogP contribution < -0.4 is 0 Å². The largest absolute Gasteiger partial charge is 0.382 e. The third-order valence-corrected chi connectivity index (χ3v) is 4.48. The van der Waals surface area contributed by atoms with Gasteiger partial charge in [-0.25, -0.2) is 0 Å². The van der Waals surface area contributed by atoms with Gasteiger partial charge < -0.3 is 14.4 Å². The Morgan fingerprint density at radius 2 is 2.04 bits per heavy atom. The summed E-state index contributed by atoms with van der Waals surface area (Å²) in [5.74, 6) is -0.0197. The van der Waals surface area contributed by atoms with E-state index in [9.17, 15) is 4.79 Å². The van der Waals surface area contributed by atoms with E-state index in [0.717, 1.165) is 12.8 Å². The van der Waals surface area contributed by atoms with Gasteiger partial charge in [0.15, 0.2) is 0 Å². The molecule has 2 atom stereocenters. The van der Waals surface area contributed by atoms with E-state index in [1.165, 1.54) is 11.8 Å². The summed E-state index contributed by atoms with van der Waals surface area (Å²) in [6.45, 7) is 1.76. The third kappa shape index (κ3) is 4.41. The van der Waals surface area contributed by atoms with E-state index in [-0.39, 0.29) is 18.1 Å². The van der Waals surface area contributed by atoms with E-state index < -0.39 is 0 Å². The van der Waals surface area contributed by atoms with Crippen LogP contribution in [0.15, 0.2) is 48.8 Å². The Labute approximate surface area is 147 Å². The van der Waals surface area contributed by atoms with Gasteiger partial charge in [0.25, 0.3) is 5.91 Å². The Balaban J connectivity index is 1.77. The molecule has 0 spiro atoms. The summed E-state index contributed by atoms with van der Waals surface area (Å²) in [7, 11) is 1.66. The number of carbonyl (C=O) groups is 1. The molecule has 1 saturated heterocycles. The molecule has 0 unspecified atom stereocenters. The molecule has 0 bridgehead atoms. The van der Waals surface area contributed by atoms with Crippen LogP contribution in [0.25, 0.3) is 0 Å². The van der Waals surface area contributed by atoms with Crippen LogP contribution in [-0.4, -0.2) is 60.0 Å². The average molecular weight is 341 g/mol. The number of nitrogens with zero attached hydrogens (tertiary/aromatic N) is 3. The maximum absolute atomic E-state index is 12.9. The molecular formula is C19H23N3O3. The van der Waals surface area contributed by atoms with Crippen molar-refractivity contribution in [2.24, 2.45) is 0 Å². The molecule has 2 aromatic rings. The Morgan fingerprint density at radius 1 is 1.20 bits per heavy atom. The Bertz CT molecular complexity index is 666. The minimum absolute atomic E-state index is 0.0000728. The molecule has 1 aliphatic rings. The molecule has 6 nitrogen and oxygen atoms in total. The van der Waals surface area contributed by atoms with E-state index in [0.29, 0.717) is 25.3 Å². The van der Waals surface area contributed by atoms with Gasteiger partial charge in [-0.2, -0.15) is 10.2 Å². The Hall–Kier alpha value is -2.31. The van der Waals surface area contributed by atoms with Gasteiger partial charge in [-0.05, 0) is 24.5 Å². The van der Waals surface area contributed by atoms with Crippen LogP contribution in [-0.2, 0) is 15.9 Å². The Morgan fingerprint density at radius 3 is 2.76 bits per heavy atom. The summed E-state index contributed by atoms with van der Waals surface area (Å²) >= 11 is 0. The number of aromatic nitrogens is 2. The fraction of sp³-hybridized carbons (Fsp3) is 0.421. The number of methoxy groups -OCH3 is 1. The number of carbonyl (C=O) groups excluding carboxylic acids is 1. The first-order valence-corrected chi connectivity index (χ1v) is 8.51. The lowest BCUT2D eigenvalue weighted by Gasteiger charge is -2.28. The molecule has 6 heteroatoms. The predicted molar refractivity (Wildman–Crippen MR) is 93.2 cm³/mol. The summed E-state index contributed by atoms with van der Waals surface area (Å²) in [6.07, 6.45) is 4.66. The number of rotatable bonds is 7. The molecule has 1 aliphatic heterocycles. The molecule has 25 heavy (non-hydrogen) atoms. The second-order valence-corrected chi connectivity index (χ2v) is 6.08. The SMILES string of the molecule is COCCO[C@H]1CCN(C(=O)c2ccnnc2)[C@H]1Cc1ccccc1. The van der Waals surface area contributed by atoms with Crippen molar-refractivity contribution in [1.29, 1.82) is 0 Å². The van der Waals surface area contributed by atoms with Crippen molar-refractivity contribution in [2.75, 3.05) is 26.9 Å². The maximum Gasteiger partial charge on any atom is 0.255 e. The maximum atomic E-state index is 12.9. The van der Waals surface area contributed by atoms with Crippen LogP contribution in [0, 0.1) is 0 Å². The van der Waals surface area contributed by atoms with Gasteiger partial charge in [-0.3, -0.25) is 4.79 Å². The predicted octanol–water partition coefficient (Wildman–Crippen LogP) is 1.97. The van der Waals surface area contributed by atoms with E-state index in [1.807, 2.05) is 23.1 Å². The quantitative estimate of drug-likeness (QED) is 0.721. The molecule has 0 radical (unpaired) electrons. The second kappa shape index (κ2) is 8.69. The monoisotopic (exact) mass is 341 g/mol. The fourth-order valence-corrected chi connectivity index (χ4v) is 3.23. The molecule has 1 fully saturated rings. The van der Waals surface area contributed by atoms with Gasteiger partial charge in [0.05, 0.1) is 43.3 Å². The van der Waals surface area contributed by atoms with Gasteiger partial charge in [0, 0.05) is 13.7 Å². The zero-order valence-corrected chi connectivity index (χ0v) is 14.4. The number of hydrogen-bond donors (Lipinski definition) is 0. The van der Waals surface area contributed by atoms with Crippen molar-refractivity contribution in [3.05, 3.63) is 59.9 Å². The van der Waals surface area contributed by atoms with E-state index >= 15 is 0 Å². The molecule has 1 aromatic carbocycles. The zero-order valence-electron chi connectivity index (χ0n) is 14.4. The van der Waals surface area contributed by atoms with Gasteiger partial charge >= 0.3 is 0 Å². The van der Waals surface area contributed by atoms with Crippen molar-refractivity contribution in [2.45, 2.75) is 25.0 Å². The van der Waals surface area contributed by atoms with Crippen LogP contribution in [0.5, 0.6) is 0 Å². The number of likely N-dealkylation sites (tertiary alicyclic amines) is 1. The highest BCUT2D eigenvalue weighted by atomic mass is 16.5. The summed E-state index contributed by atoms with van der Waals surface area (Å²) in [6, 6.07) is 11.9. The molecule has 0 saturated carbocycles. The molecular weight excluding hydrogens is 318 g/mol. The van der Waals surface area contributed by atoms with E-state index in [1.54, 1.807) is 19.4 Å². The third-order valence-electron chi connectivity index (χ3n) is 4.48. The lowest BCUT2D eigenvalue weighted by Crippen LogP contribution is -2.42. The molecule has 0 aliphatic carbocycles. The zero-order chi connectivity index (χ0) is 17.5. The molecule has 132 valence electrons. The van der Waals surface area contributed by atoms with Crippen LogP contribution in [0.3, 0.4) is 0 Å². The fourth-order valence-electron chi connectivity index (χ4n) is 3.23. The molecule has 0 N–H and O–H groups in total. The van der Waals surface area contributed by atoms with Crippen molar-refractivity contribution in [3.8, 4) is 0 Å². The van der Waals surface area contributed by atoms with Gasteiger partial charge in [-0.15, -0.1) is 0 Å². The highest BCUT2D eigenvalue weighted by Gasteiger charge is 2.38. The van der Waals surface area contributed by atoms with Crippen molar-refractivity contribution in [3.63, 3.8) is 0 Å². The highest BCUT2D eigenvalue weighted by Crippen LogP contribution is 2.26. The number of ether oxygens (including phenoxy) is 2. The van der Waals surface area contributed by atoms with Gasteiger partial charge in [0.1, 0.15) is 0 Å². The average Bonchev–Trinajstić information content (AvgIpc) is 3.05. The second-order valence-electron chi connectivity index (χ2n) is 6.08. The first-order chi connectivity index (χ1) is 12.3. The van der Waals surface area contributed by atoms with Gasteiger partial charge in [-0.1, -0.05) is 30.3 Å². The topological polar surface area (TPSA) is 64.6 Å². The molecule has 1 amide bonds. The first-order valence-electron chi connectivity index (χ1n) is 8.51. The van der Waals surface area contributed by atoms with Crippen LogP contribution in [0.4, 0.5) is 0 Å². The molecule has 1 aromatic heterocycles. The number of benzene rings is 1. The number of hydrogen-bond acceptors (Lipinski definition) is 5. The smallest absolute Gasteiger partial charge is 0.255 e. The molecule has 3 rings (SSSR count). The summed E-state index contributed by atoms with van der Waals surface area (Å²) < 4.78 is 11.1. The van der Waals surface area contributed by atoms with Gasteiger partial charge in [0.2, 0.25) is 0 Å². The lowest BCUT2D eigenvalue weighted by molar-refractivity contribution is 0.000487. The normalized spacial score (nSPS) is 20.0. The van der Waals surface area contributed by atoms with Crippen molar-refractivity contribution in [1.82, 2.24) is 15.1 Å². The Kier molecular flexibility index (Phi) is 6.09. The lowest BCUT2D eigenvalue weighted by atomic mass is 10.0. The van der Waals surface area contributed by atoms with Crippen LogP contribution in [0.2, 0.25) is 0 Å².